The number of hydrogen-bond acceptors (Lipinski definition) is 2. The molecule has 1 heterocycles. The lowest BCUT2D eigenvalue weighted by Crippen LogP contribution is -2.47. The van der Waals surface area contributed by atoms with Crippen molar-refractivity contribution in [1.82, 2.24) is 4.90 Å². The third-order valence-corrected chi connectivity index (χ3v) is 3.24. The van der Waals surface area contributed by atoms with Gasteiger partial charge in [-0.2, -0.15) is 0 Å². The third-order valence-electron chi connectivity index (χ3n) is 3.24. The average Bonchev–Trinajstić information content (AvgIpc) is 2.85. The molecule has 0 bridgehead atoms. The van der Waals surface area contributed by atoms with Crippen molar-refractivity contribution in [3.05, 3.63) is 0 Å². The topological polar surface area (TPSA) is 29.3 Å². The minimum Gasteiger partial charge on any atom is -0.327 e. The first-order valence-electron chi connectivity index (χ1n) is 5.29. The van der Waals surface area contributed by atoms with Crippen molar-refractivity contribution in [2.24, 2.45) is 11.7 Å². The highest BCUT2D eigenvalue weighted by atomic mass is 15.2. The lowest BCUT2D eigenvalue weighted by molar-refractivity contribution is 0.146. The summed E-state index contributed by atoms with van der Waals surface area (Å²) in [7, 11) is 0. The summed E-state index contributed by atoms with van der Waals surface area (Å²) in [5.41, 5.74) is 6.02. The maximum atomic E-state index is 6.02. The van der Waals surface area contributed by atoms with Crippen LogP contribution in [-0.4, -0.2) is 30.1 Å². The van der Waals surface area contributed by atoms with E-state index >= 15 is 0 Å². The van der Waals surface area contributed by atoms with E-state index in [-0.39, 0.29) is 0 Å². The summed E-state index contributed by atoms with van der Waals surface area (Å²) >= 11 is 0. The second-order valence-electron chi connectivity index (χ2n) is 4.46. The summed E-state index contributed by atoms with van der Waals surface area (Å²) in [5, 5.41) is 0. The average molecular weight is 168 g/mol. The molecule has 0 spiro atoms. The number of rotatable bonds is 2. The van der Waals surface area contributed by atoms with Crippen molar-refractivity contribution in [3.63, 3.8) is 0 Å². The van der Waals surface area contributed by atoms with Gasteiger partial charge in [-0.3, -0.25) is 4.90 Å². The summed E-state index contributed by atoms with van der Waals surface area (Å²) in [5.74, 6) is 0.870. The van der Waals surface area contributed by atoms with Crippen molar-refractivity contribution < 1.29 is 0 Å². The van der Waals surface area contributed by atoms with Crippen LogP contribution in [0.5, 0.6) is 0 Å². The van der Waals surface area contributed by atoms with Crippen LogP contribution in [0.4, 0.5) is 0 Å². The monoisotopic (exact) mass is 168 g/mol. The van der Waals surface area contributed by atoms with Crippen LogP contribution >= 0.6 is 0 Å². The highest BCUT2D eigenvalue weighted by Gasteiger charge is 2.34. The Hall–Kier alpha value is -0.0800. The summed E-state index contributed by atoms with van der Waals surface area (Å²) in [6, 6.07) is 1.36. The summed E-state index contributed by atoms with van der Waals surface area (Å²) in [6.45, 7) is 4.75. The molecule has 2 aliphatic rings. The first kappa shape index (κ1) is 8.52. The summed E-state index contributed by atoms with van der Waals surface area (Å²) in [4.78, 5) is 2.61. The lowest BCUT2D eigenvalue weighted by Gasteiger charge is -2.36. The van der Waals surface area contributed by atoms with Gasteiger partial charge in [0.1, 0.15) is 0 Å². The minimum absolute atomic E-state index is 0.448. The predicted octanol–water partition coefficient (Wildman–Crippen LogP) is 1.21. The van der Waals surface area contributed by atoms with Crippen molar-refractivity contribution in [3.8, 4) is 0 Å². The van der Waals surface area contributed by atoms with Gasteiger partial charge in [0, 0.05) is 25.2 Å². The minimum atomic E-state index is 0.448. The van der Waals surface area contributed by atoms with Crippen molar-refractivity contribution in [1.29, 1.82) is 0 Å². The van der Waals surface area contributed by atoms with Crippen LogP contribution in [0.1, 0.15) is 32.6 Å². The molecule has 0 amide bonds. The van der Waals surface area contributed by atoms with Crippen LogP contribution in [0.25, 0.3) is 0 Å². The van der Waals surface area contributed by atoms with Crippen LogP contribution in [0.2, 0.25) is 0 Å². The van der Waals surface area contributed by atoms with E-state index < -0.39 is 0 Å². The van der Waals surface area contributed by atoms with Crippen LogP contribution < -0.4 is 5.73 Å². The number of nitrogens with zero attached hydrogens (tertiary/aromatic N) is 1. The molecule has 1 saturated carbocycles. The molecule has 1 aliphatic heterocycles. The number of hydrogen-bond donors (Lipinski definition) is 1. The largest absolute Gasteiger partial charge is 0.327 e. The van der Waals surface area contributed by atoms with E-state index in [2.05, 4.69) is 11.8 Å². The molecule has 1 saturated heterocycles. The van der Waals surface area contributed by atoms with E-state index in [0.717, 1.165) is 18.5 Å². The second kappa shape index (κ2) is 3.35. The van der Waals surface area contributed by atoms with E-state index in [1.807, 2.05) is 0 Å². The Balaban J connectivity index is 1.88. The van der Waals surface area contributed by atoms with Crippen LogP contribution in [-0.2, 0) is 0 Å². The first-order chi connectivity index (χ1) is 5.79. The first-order valence-corrected chi connectivity index (χ1v) is 5.29. The Labute approximate surface area is 75.1 Å². The molecule has 1 aliphatic carbocycles. The Kier molecular flexibility index (Phi) is 2.37. The number of nitrogens with two attached hydrogens (primary N) is 1. The molecule has 0 aromatic rings. The molecule has 12 heavy (non-hydrogen) atoms. The molecule has 0 radical (unpaired) electrons. The zero-order valence-corrected chi connectivity index (χ0v) is 8.00. The van der Waals surface area contributed by atoms with E-state index in [1.54, 1.807) is 0 Å². The zero-order chi connectivity index (χ0) is 8.55. The fourth-order valence-corrected chi connectivity index (χ4v) is 2.32. The smallest absolute Gasteiger partial charge is 0.0171 e. The van der Waals surface area contributed by atoms with Gasteiger partial charge >= 0.3 is 0 Å². The summed E-state index contributed by atoms with van der Waals surface area (Å²) < 4.78 is 0. The SMILES string of the molecule is CCC1CC(N)CN(C2CC2)C1. The van der Waals surface area contributed by atoms with Gasteiger partial charge < -0.3 is 5.73 Å². The van der Waals surface area contributed by atoms with E-state index in [0.29, 0.717) is 6.04 Å². The van der Waals surface area contributed by atoms with Gasteiger partial charge in [-0.05, 0) is 25.2 Å². The Bertz CT molecular complexity index is 154. The molecule has 2 atom stereocenters. The standard InChI is InChI=1S/C10H20N2/c1-2-8-5-9(11)7-12(6-8)10-3-4-10/h8-10H,2-7,11H2,1H3. The van der Waals surface area contributed by atoms with Crippen molar-refractivity contribution in [2.45, 2.75) is 44.7 Å². The Morgan fingerprint density at radius 1 is 1.33 bits per heavy atom. The van der Waals surface area contributed by atoms with Crippen molar-refractivity contribution in [2.75, 3.05) is 13.1 Å². The van der Waals surface area contributed by atoms with Gasteiger partial charge in [0.2, 0.25) is 0 Å². The van der Waals surface area contributed by atoms with Crippen LogP contribution in [0.15, 0.2) is 0 Å². The molecule has 70 valence electrons. The van der Waals surface area contributed by atoms with E-state index in [1.165, 1.54) is 32.2 Å². The maximum absolute atomic E-state index is 6.02. The second-order valence-corrected chi connectivity index (χ2v) is 4.46. The molecular weight excluding hydrogens is 148 g/mol. The molecule has 2 N–H and O–H groups in total. The summed E-state index contributed by atoms with van der Waals surface area (Å²) in [6.07, 6.45) is 5.39. The Morgan fingerprint density at radius 2 is 2.08 bits per heavy atom. The van der Waals surface area contributed by atoms with Gasteiger partial charge in [-0.25, -0.2) is 0 Å². The molecule has 2 rings (SSSR count). The highest BCUT2D eigenvalue weighted by Crippen LogP contribution is 2.31. The van der Waals surface area contributed by atoms with Crippen LogP contribution in [0.3, 0.4) is 0 Å². The molecule has 2 unspecified atom stereocenters. The van der Waals surface area contributed by atoms with Gasteiger partial charge in [0.05, 0.1) is 0 Å². The molecule has 2 fully saturated rings. The fourth-order valence-electron chi connectivity index (χ4n) is 2.32. The third kappa shape index (κ3) is 1.80. The quantitative estimate of drug-likeness (QED) is 0.671. The van der Waals surface area contributed by atoms with Gasteiger partial charge in [0.15, 0.2) is 0 Å². The molecular formula is C10H20N2. The van der Waals surface area contributed by atoms with E-state index in [4.69, 9.17) is 5.73 Å². The van der Waals surface area contributed by atoms with Gasteiger partial charge in [0.25, 0.3) is 0 Å². The van der Waals surface area contributed by atoms with Gasteiger partial charge in [-0.15, -0.1) is 0 Å². The molecule has 2 nitrogen and oxygen atoms in total. The molecule has 0 aromatic heterocycles. The van der Waals surface area contributed by atoms with Crippen LogP contribution in [0, 0.1) is 5.92 Å². The number of likely N-dealkylation sites (tertiary alicyclic amines) is 1. The molecule has 0 aromatic carbocycles. The maximum Gasteiger partial charge on any atom is 0.0171 e. The van der Waals surface area contributed by atoms with Gasteiger partial charge in [-0.1, -0.05) is 13.3 Å². The highest BCUT2D eigenvalue weighted by molar-refractivity contribution is 4.91. The van der Waals surface area contributed by atoms with Crippen molar-refractivity contribution >= 4 is 0 Å². The normalized spacial score (nSPS) is 38.5. The predicted molar refractivity (Wildman–Crippen MR) is 51.0 cm³/mol. The number of piperidine rings is 1. The molecule has 2 heteroatoms. The lowest BCUT2D eigenvalue weighted by atomic mass is 9.92. The Morgan fingerprint density at radius 3 is 2.67 bits per heavy atom. The zero-order valence-electron chi connectivity index (χ0n) is 8.00. The van der Waals surface area contributed by atoms with E-state index in [9.17, 15) is 0 Å². The fraction of sp³-hybridized carbons (Fsp3) is 1.00.